The molecule has 3 rings (SSSR count). The van der Waals surface area contributed by atoms with Crippen LogP contribution in [0.2, 0.25) is 0 Å². The third-order valence-electron chi connectivity index (χ3n) is 5.11. The second-order valence-corrected chi connectivity index (χ2v) is 9.85. The Balaban J connectivity index is 1.79. The van der Waals surface area contributed by atoms with Crippen molar-refractivity contribution in [3.8, 4) is 0 Å². The number of aromatic nitrogens is 1. The van der Waals surface area contributed by atoms with Crippen molar-refractivity contribution >= 4 is 44.9 Å². The molecule has 0 bridgehead atoms. The van der Waals surface area contributed by atoms with Gasteiger partial charge in [0, 0.05) is 10.6 Å². The number of hydrogen-bond donors (Lipinski definition) is 1. The number of benzene rings is 2. The Morgan fingerprint density at radius 2 is 1.97 bits per heavy atom. The third kappa shape index (κ3) is 6.33. The molecule has 2 aromatic carbocycles. The molecule has 0 aliphatic carbocycles. The standard InChI is InChI=1S/C26H27FN2O2S2/c1-5-20(10-7-17(3)27)18(4)29-23-14-11-21(16-24(23)33-26(29)31)28-25(30)15-19-8-12-22(13-9-19)32-6-2/h5,7-14,16,18H,1,6,15H2,2-4H3,(H,28,30)/b17-7+,20-10+. The molecule has 1 aromatic heterocycles. The van der Waals surface area contributed by atoms with Gasteiger partial charge < -0.3 is 5.32 Å². The molecule has 1 unspecified atom stereocenters. The van der Waals surface area contributed by atoms with Gasteiger partial charge in [0.2, 0.25) is 5.91 Å². The fraction of sp³-hybridized carbons (Fsp3) is 0.231. The maximum absolute atomic E-state index is 13.2. The van der Waals surface area contributed by atoms with Gasteiger partial charge in [-0.15, -0.1) is 11.8 Å². The zero-order valence-electron chi connectivity index (χ0n) is 18.9. The predicted molar refractivity (Wildman–Crippen MR) is 139 cm³/mol. The van der Waals surface area contributed by atoms with Crippen molar-refractivity contribution in [1.29, 1.82) is 0 Å². The molecule has 0 aliphatic heterocycles. The van der Waals surface area contributed by atoms with Crippen molar-refractivity contribution in [2.24, 2.45) is 0 Å². The van der Waals surface area contributed by atoms with Crippen molar-refractivity contribution in [3.63, 3.8) is 0 Å². The fourth-order valence-corrected chi connectivity index (χ4v) is 5.14. The number of halogens is 1. The van der Waals surface area contributed by atoms with Crippen LogP contribution in [0.3, 0.4) is 0 Å². The minimum atomic E-state index is -0.319. The molecule has 3 aromatic rings. The Morgan fingerprint density at radius 1 is 1.24 bits per heavy atom. The Kier molecular flexibility index (Phi) is 8.47. The van der Waals surface area contributed by atoms with Crippen LogP contribution in [0.25, 0.3) is 10.2 Å². The summed E-state index contributed by atoms with van der Waals surface area (Å²) in [7, 11) is 0. The number of rotatable bonds is 9. The molecule has 1 atom stereocenters. The molecule has 1 N–H and O–H groups in total. The number of anilines is 1. The van der Waals surface area contributed by atoms with Gasteiger partial charge in [-0.05, 0) is 67.1 Å². The molecule has 0 spiro atoms. The maximum Gasteiger partial charge on any atom is 0.308 e. The van der Waals surface area contributed by atoms with E-state index >= 15 is 0 Å². The normalized spacial score (nSPS) is 13.2. The van der Waals surface area contributed by atoms with Crippen LogP contribution in [0.4, 0.5) is 10.1 Å². The first-order valence-electron chi connectivity index (χ1n) is 10.7. The number of carbonyl (C=O) groups is 1. The van der Waals surface area contributed by atoms with Crippen LogP contribution in [-0.4, -0.2) is 16.2 Å². The van der Waals surface area contributed by atoms with Crippen molar-refractivity contribution in [2.45, 2.75) is 38.1 Å². The Bertz CT molecular complexity index is 1270. The lowest BCUT2D eigenvalue weighted by Crippen LogP contribution is -2.18. The number of hydrogen-bond acceptors (Lipinski definition) is 4. The monoisotopic (exact) mass is 482 g/mol. The summed E-state index contributed by atoms with van der Waals surface area (Å²) in [5, 5.41) is 2.92. The highest BCUT2D eigenvalue weighted by atomic mass is 32.2. The second-order valence-electron chi connectivity index (χ2n) is 7.52. The largest absolute Gasteiger partial charge is 0.326 e. The number of amides is 1. The summed E-state index contributed by atoms with van der Waals surface area (Å²) in [6.07, 6.45) is 4.89. The van der Waals surface area contributed by atoms with E-state index in [0.29, 0.717) is 5.69 Å². The molecule has 0 saturated heterocycles. The van der Waals surface area contributed by atoms with Gasteiger partial charge in [-0.3, -0.25) is 14.2 Å². The molecule has 33 heavy (non-hydrogen) atoms. The first-order valence-corrected chi connectivity index (χ1v) is 12.5. The van der Waals surface area contributed by atoms with Crippen LogP contribution in [0.15, 0.2) is 88.4 Å². The molecule has 1 amide bonds. The van der Waals surface area contributed by atoms with Crippen LogP contribution in [0, 0.1) is 0 Å². The SMILES string of the molecule is C=C/C(=C\C=C(/C)F)C(C)n1c(=O)sc2cc(NC(=O)Cc3ccc(SCC)cc3)ccc21. The average Bonchev–Trinajstić information content (AvgIpc) is 3.10. The zero-order chi connectivity index (χ0) is 24.0. The minimum Gasteiger partial charge on any atom is -0.326 e. The van der Waals surface area contributed by atoms with Gasteiger partial charge in [0.15, 0.2) is 0 Å². The summed E-state index contributed by atoms with van der Waals surface area (Å²) in [4.78, 5) is 26.3. The van der Waals surface area contributed by atoms with Crippen LogP contribution in [0.5, 0.6) is 0 Å². The molecule has 4 nitrogen and oxygen atoms in total. The molecule has 1 heterocycles. The van der Waals surface area contributed by atoms with E-state index in [9.17, 15) is 14.0 Å². The van der Waals surface area contributed by atoms with Crippen LogP contribution < -0.4 is 10.2 Å². The van der Waals surface area contributed by atoms with Crippen LogP contribution in [-0.2, 0) is 11.2 Å². The topological polar surface area (TPSA) is 51.1 Å². The van der Waals surface area contributed by atoms with Gasteiger partial charge in [-0.25, -0.2) is 4.39 Å². The van der Waals surface area contributed by atoms with Crippen molar-refractivity contribution in [1.82, 2.24) is 4.57 Å². The molecular formula is C26H27FN2O2S2. The van der Waals surface area contributed by atoms with Gasteiger partial charge in [0.1, 0.15) is 0 Å². The molecule has 7 heteroatoms. The van der Waals surface area contributed by atoms with E-state index in [2.05, 4.69) is 18.8 Å². The van der Waals surface area contributed by atoms with Crippen LogP contribution in [0.1, 0.15) is 32.4 Å². The summed E-state index contributed by atoms with van der Waals surface area (Å²) in [5.41, 5.74) is 3.07. The van der Waals surface area contributed by atoms with Crippen LogP contribution >= 0.6 is 23.1 Å². The average molecular weight is 483 g/mol. The lowest BCUT2D eigenvalue weighted by atomic mass is 10.1. The van der Waals surface area contributed by atoms with Gasteiger partial charge in [-0.2, -0.15) is 0 Å². The highest BCUT2D eigenvalue weighted by molar-refractivity contribution is 7.99. The fourth-order valence-electron chi connectivity index (χ4n) is 3.48. The number of nitrogens with one attached hydrogen (secondary N) is 1. The van der Waals surface area contributed by atoms with E-state index in [4.69, 9.17) is 0 Å². The molecular weight excluding hydrogens is 455 g/mol. The van der Waals surface area contributed by atoms with Crippen molar-refractivity contribution < 1.29 is 9.18 Å². The van der Waals surface area contributed by atoms with E-state index in [-0.39, 0.29) is 29.1 Å². The number of fused-ring (bicyclic) bond motifs is 1. The number of thioether (sulfide) groups is 1. The molecule has 0 aliphatic rings. The molecule has 0 radical (unpaired) electrons. The number of allylic oxidation sites excluding steroid dienone is 5. The Labute approximate surface area is 201 Å². The van der Waals surface area contributed by atoms with Gasteiger partial charge in [-0.1, -0.05) is 49.1 Å². The molecule has 0 fully saturated rings. The highest BCUT2D eigenvalue weighted by Crippen LogP contribution is 2.28. The first-order chi connectivity index (χ1) is 15.8. The quantitative estimate of drug-likeness (QED) is 0.266. The maximum atomic E-state index is 13.2. The Morgan fingerprint density at radius 3 is 2.61 bits per heavy atom. The van der Waals surface area contributed by atoms with E-state index < -0.39 is 0 Å². The number of nitrogens with zero attached hydrogens (tertiary/aromatic N) is 1. The van der Waals surface area contributed by atoms with E-state index in [0.717, 1.165) is 38.4 Å². The molecule has 0 saturated carbocycles. The summed E-state index contributed by atoms with van der Waals surface area (Å²) < 4.78 is 15.6. The summed E-state index contributed by atoms with van der Waals surface area (Å²) in [6, 6.07) is 13.1. The third-order valence-corrected chi connectivity index (χ3v) is 6.92. The predicted octanol–water partition coefficient (Wildman–Crippen LogP) is 6.90. The van der Waals surface area contributed by atoms with Crippen molar-refractivity contribution in [2.75, 3.05) is 11.1 Å². The summed E-state index contributed by atoms with van der Waals surface area (Å²) >= 11 is 2.88. The summed E-state index contributed by atoms with van der Waals surface area (Å²) in [6.45, 7) is 9.14. The first kappa shape index (κ1) is 24.7. The lowest BCUT2D eigenvalue weighted by molar-refractivity contribution is -0.115. The minimum absolute atomic E-state index is 0.115. The molecule has 172 valence electrons. The number of carbonyl (C=O) groups excluding carboxylic acids is 1. The highest BCUT2D eigenvalue weighted by Gasteiger charge is 2.16. The van der Waals surface area contributed by atoms with Gasteiger partial charge >= 0.3 is 4.87 Å². The lowest BCUT2D eigenvalue weighted by Gasteiger charge is -2.15. The van der Waals surface area contributed by atoms with Crippen molar-refractivity contribution in [3.05, 3.63) is 93.9 Å². The van der Waals surface area contributed by atoms with E-state index in [1.54, 1.807) is 34.5 Å². The smallest absolute Gasteiger partial charge is 0.308 e. The van der Waals surface area contributed by atoms with E-state index in [1.165, 1.54) is 17.9 Å². The Hall–Kier alpha value is -2.90. The summed E-state index contributed by atoms with van der Waals surface area (Å²) in [5.74, 6) is 0.574. The van der Waals surface area contributed by atoms with Gasteiger partial charge in [0.25, 0.3) is 0 Å². The second kappa shape index (κ2) is 11.3. The zero-order valence-corrected chi connectivity index (χ0v) is 20.6. The number of thiazole rings is 1. The van der Waals surface area contributed by atoms with Gasteiger partial charge in [0.05, 0.1) is 28.5 Å². The van der Waals surface area contributed by atoms with E-state index in [1.807, 2.05) is 43.3 Å².